The maximum absolute atomic E-state index is 12.1. The van der Waals surface area contributed by atoms with Crippen molar-refractivity contribution in [3.05, 3.63) is 36.7 Å². The number of anilines is 2. The van der Waals surface area contributed by atoms with E-state index in [4.69, 9.17) is 4.74 Å². The Kier molecular flexibility index (Phi) is 4.36. The van der Waals surface area contributed by atoms with Crippen molar-refractivity contribution in [1.82, 2.24) is 15.2 Å². The van der Waals surface area contributed by atoms with E-state index in [0.29, 0.717) is 11.0 Å². The minimum atomic E-state index is -0.358. The molecule has 0 unspecified atom stereocenters. The second kappa shape index (κ2) is 6.78. The molecule has 3 fully saturated rings. The van der Waals surface area contributed by atoms with E-state index in [1.807, 2.05) is 18.2 Å². The van der Waals surface area contributed by atoms with Gasteiger partial charge in [0.25, 0.3) is 0 Å². The number of nitrogens with zero attached hydrogens (tertiary/aromatic N) is 2. The van der Waals surface area contributed by atoms with Gasteiger partial charge < -0.3 is 20.3 Å². The van der Waals surface area contributed by atoms with Crippen LogP contribution in [0.15, 0.2) is 36.7 Å². The normalized spacial score (nSPS) is 25.2. The maximum Gasteiger partial charge on any atom is 0.413 e. The minimum Gasteiger partial charge on any atom is -0.399 e. The smallest absolute Gasteiger partial charge is 0.399 e. The predicted molar refractivity (Wildman–Crippen MR) is 94.0 cm³/mol. The molecule has 7 heteroatoms. The van der Waals surface area contributed by atoms with Crippen molar-refractivity contribution in [3.63, 3.8) is 0 Å². The highest BCUT2D eigenvalue weighted by atomic mass is 32.1. The van der Waals surface area contributed by atoms with Gasteiger partial charge in [-0.05, 0) is 56.1 Å². The van der Waals surface area contributed by atoms with E-state index in [1.54, 1.807) is 18.5 Å². The molecule has 2 bridgehead atoms. The summed E-state index contributed by atoms with van der Waals surface area (Å²) in [6.07, 6.45) is 5.46. The largest absolute Gasteiger partial charge is 0.413 e. The van der Waals surface area contributed by atoms with Crippen molar-refractivity contribution in [2.45, 2.75) is 18.9 Å². The number of aromatic nitrogens is 1. The Labute approximate surface area is 144 Å². The first kappa shape index (κ1) is 15.4. The van der Waals surface area contributed by atoms with E-state index in [-0.39, 0.29) is 12.1 Å². The van der Waals surface area contributed by atoms with Crippen LogP contribution in [0.25, 0.3) is 0 Å². The summed E-state index contributed by atoms with van der Waals surface area (Å²) < 4.78 is 5.44. The first-order chi connectivity index (χ1) is 11.8. The third-order valence-electron chi connectivity index (χ3n) is 4.66. The molecule has 3 saturated heterocycles. The van der Waals surface area contributed by atoms with Gasteiger partial charge in [0.2, 0.25) is 0 Å². The molecule has 2 aromatic heterocycles. The summed E-state index contributed by atoms with van der Waals surface area (Å²) in [6, 6.07) is 7.73. The molecular formula is C17H20N4O2S. The molecule has 0 radical (unpaired) electrons. The molecule has 2 N–H and O–H groups in total. The van der Waals surface area contributed by atoms with Gasteiger partial charge in [-0.3, -0.25) is 4.98 Å². The number of hydrogen-bond acceptors (Lipinski definition) is 6. The summed E-state index contributed by atoms with van der Waals surface area (Å²) in [4.78, 5) is 18.6. The molecule has 6 nitrogen and oxygen atoms in total. The number of carbonyl (C=O) groups excluding carboxylic acids is 1. The van der Waals surface area contributed by atoms with Crippen LogP contribution >= 0.6 is 11.3 Å². The highest BCUT2D eigenvalue weighted by molar-refractivity contribution is 7.17. The van der Waals surface area contributed by atoms with Crippen LogP contribution in [0.3, 0.4) is 0 Å². The molecule has 0 aromatic carbocycles. The van der Waals surface area contributed by atoms with Crippen LogP contribution in [0.5, 0.6) is 5.06 Å². The Morgan fingerprint density at radius 2 is 2.17 bits per heavy atom. The number of amides is 1. The molecule has 1 atom stereocenters. The van der Waals surface area contributed by atoms with Gasteiger partial charge in [-0.25, -0.2) is 4.79 Å². The molecule has 3 aliphatic heterocycles. The minimum absolute atomic E-state index is 0.216. The van der Waals surface area contributed by atoms with Gasteiger partial charge in [-0.2, -0.15) is 0 Å². The molecule has 3 aliphatic rings. The fourth-order valence-electron chi connectivity index (χ4n) is 3.42. The summed E-state index contributed by atoms with van der Waals surface area (Å²) >= 11 is 1.40. The van der Waals surface area contributed by atoms with Crippen molar-refractivity contribution in [3.8, 4) is 5.06 Å². The van der Waals surface area contributed by atoms with Gasteiger partial charge in [0.1, 0.15) is 0 Å². The zero-order chi connectivity index (χ0) is 16.4. The van der Waals surface area contributed by atoms with E-state index >= 15 is 0 Å². The third kappa shape index (κ3) is 3.52. The van der Waals surface area contributed by atoms with Crippen LogP contribution in [-0.4, -0.2) is 41.7 Å². The third-order valence-corrected chi connectivity index (χ3v) is 5.54. The van der Waals surface area contributed by atoms with E-state index in [1.165, 1.54) is 24.2 Å². The topological polar surface area (TPSA) is 66.5 Å². The van der Waals surface area contributed by atoms with E-state index < -0.39 is 0 Å². The number of hydrogen-bond donors (Lipinski definition) is 2. The Balaban J connectivity index is 1.31. The van der Waals surface area contributed by atoms with E-state index in [2.05, 4.69) is 20.5 Å². The Bertz CT molecular complexity index is 698. The van der Waals surface area contributed by atoms with Gasteiger partial charge in [-0.1, -0.05) is 11.3 Å². The molecule has 2 aromatic rings. The molecule has 0 aliphatic carbocycles. The van der Waals surface area contributed by atoms with Crippen LogP contribution in [-0.2, 0) is 0 Å². The summed E-state index contributed by atoms with van der Waals surface area (Å²) in [5.41, 5.74) is 0.905. The summed E-state index contributed by atoms with van der Waals surface area (Å²) in [6.45, 7) is 3.26. The lowest BCUT2D eigenvalue weighted by molar-refractivity contribution is 0.0726. The lowest BCUT2D eigenvalue weighted by atomic mass is 9.84. The average Bonchev–Trinajstić information content (AvgIpc) is 3.03. The highest BCUT2D eigenvalue weighted by Gasteiger charge is 2.35. The lowest BCUT2D eigenvalue weighted by Crippen LogP contribution is -2.57. The monoisotopic (exact) mass is 344 g/mol. The molecule has 5 rings (SSSR count). The molecule has 0 saturated carbocycles. The number of piperidine rings is 3. The predicted octanol–water partition coefficient (Wildman–Crippen LogP) is 3.07. The molecule has 1 amide bonds. The maximum atomic E-state index is 12.1. The molecule has 126 valence electrons. The Hall–Kier alpha value is -2.12. The average molecular weight is 344 g/mol. The molecule has 24 heavy (non-hydrogen) atoms. The number of ether oxygens (including phenoxy) is 1. The number of nitrogens with one attached hydrogen (secondary N) is 2. The Morgan fingerprint density at radius 3 is 2.88 bits per heavy atom. The number of fused-ring (bicyclic) bond motifs is 3. The number of thiophene rings is 1. The van der Waals surface area contributed by atoms with Crippen molar-refractivity contribution in [2.24, 2.45) is 5.92 Å². The van der Waals surface area contributed by atoms with Gasteiger partial charge >= 0.3 is 6.09 Å². The van der Waals surface area contributed by atoms with Crippen LogP contribution in [0.1, 0.15) is 12.8 Å². The second-order valence-electron chi connectivity index (χ2n) is 6.26. The second-order valence-corrected chi connectivity index (χ2v) is 7.31. The molecule has 5 heterocycles. The van der Waals surface area contributed by atoms with Crippen molar-refractivity contribution in [2.75, 3.05) is 25.0 Å². The number of rotatable bonds is 4. The van der Waals surface area contributed by atoms with Gasteiger partial charge in [0.05, 0.1) is 16.9 Å². The van der Waals surface area contributed by atoms with Crippen LogP contribution in [0.4, 0.5) is 15.5 Å². The Morgan fingerprint density at radius 1 is 1.29 bits per heavy atom. The molecule has 0 spiro atoms. The SMILES string of the molecule is O=C(N[C@H]1CN2CCC1CC2)Oc1ccc(Nc2cccnc2)s1. The van der Waals surface area contributed by atoms with Crippen LogP contribution in [0, 0.1) is 5.92 Å². The first-order valence-electron chi connectivity index (χ1n) is 8.24. The van der Waals surface area contributed by atoms with Crippen molar-refractivity contribution >= 4 is 28.1 Å². The number of carbonyl (C=O) groups is 1. The van der Waals surface area contributed by atoms with Crippen molar-refractivity contribution < 1.29 is 9.53 Å². The van der Waals surface area contributed by atoms with E-state index in [0.717, 1.165) is 30.3 Å². The van der Waals surface area contributed by atoms with Gasteiger partial charge in [0.15, 0.2) is 5.06 Å². The van der Waals surface area contributed by atoms with Crippen LogP contribution in [0.2, 0.25) is 0 Å². The van der Waals surface area contributed by atoms with Gasteiger partial charge in [0, 0.05) is 18.8 Å². The summed E-state index contributed by atoms with van der Waals surface area (Å²) in [5, 5.41) is 7.76. The lowest BCUT2D eigenvalue weighted by Gasteiger charge is -2.44. The summed E-state index contributed by atoms with van der Waals surface area (Å²) in [5.74, 6) is 0.591. The molecular weight excluding hydrogens is 324 g/mol. The number of pyridine rings is 1. The quantitative estimate of drug-likeness (QED) is 0.892. The fraction of sp³-hybridized carbons (Fsp3) is 0.412. The first-order valence-corrected chi connectivity index (χ1v) is 9.05. The fourth-order valence-corrected chi connectivity index (χ4v) is 4.20. The van der Waals surface area contributed by atoms with Gasteiger partial charge in [-0.15, -0.1) is 0 Å². The van der Waals surface area contributed by atoms with Crippen molar-refractivity contribution in [1.29, 1.82) is 0 Å². The highest BCUT2D eigenvalue weighted by Crippen LogP contribution is 2.31. The summed E-state index contributed by atoms with van der Waals surface area (Å²) in [7, 11) is 0. The zero-order valence-corrected chi connectivity index (χ0v) is 14.1. The zero-order valence-electron chi connectivity index (χ0n) is 13.3. The van der Waals surface area contributed by atoms with E-state index in [9.17, 15) is 4.79 Å². The standard InChI is InChI=1S/C17H20N4O2S/c22-17(20-14-11-21-8-5-12(14)6-9-21)23-16-4-3-15(24-16)19-13-2-1-7-18-10-13/h1-4,7,10,12,14,19H,5-6,8-9,11H2,(H,20,22)/t14-/m0/s1. The van der Waals surface area contributed by atoms with Crippen LogP contribution < -0.4 is 15.4 Å².